The number of nitrogens with one attached hydrogen (secondary N) is 2. The van der Waals surface area contributed by atoms with Gasteiger partial charge in [-0.3, -0.25) is 4.31 Å². The number of carbonyl (C=O) groups is 1. The van der Waals surface area contributed by atoms with E-state index < -0.39 is 0 Å². The van der Waals surface area contributed by atoms with Crippen LogP contribution in [-0.4, -0.2) is 53.6 Å². The summed E-state index contributed by atoms with van der Waals surface area (Å²) in [5.74, 6) is 2.15. The molecule has 1 aliphatic rings. The van der Waals surface area contributed by atoms with Crippen molar-refractivity contribution in [2.45, 2.75) is 37.8 Å². The minimum atomic E-state index is -0.257. The van der Waals surface area contributed by atoms with Crippen molar-refractivity contribution in [3.05, 3.63) is 48.5 Å². The highest BCUT2D eigenvalue weighted by Crippen LogP contribution is 2.30. The Kier molecular flexibility index (Phi) is 7.08. The average molecular weight is 467 g/mol. The molecule has 33 heavy (non-hydrogen) atoms. The molecule has 0 radical (unpaired) electrons. The van der Waals surface area contributed by atoms with Gasteiger partial charge in [0.2, 0.25) is 5.95 Å². The molecule has 1 heterocycles. The van der Waals surface area contributed by atoms with Crippen LogP contribution in [0.2, 0.25) is 0 Å². The van der Waals surface area contributed by atoms with Crippen LogP contribution in [0.25, 0.3) is 10.9 Å². The number of rotatable bonds is 6. The van der Waals surface area contributed by atoms with Gasteiger partial charge in [0.25, 0.3) is 0 Å². The first kappa shape index (κ1) is 23.0. The van der Waals surface area contributed by atoms with E-state index in [0.29, 0.717) is 17.4 Å². The number of amides is 2. The van der Waals surface area contributed by atoms with E-state index in [0.717, 1.165) is 42.4 Å². The molecular formula is C24H30N6O2S. The fourth-order valence-corrected chi connectivity index (χ4v) is 4.48. The van der Waals surface area contributed by atoms with E-state index in [2.05, 4.69) is 23.4 Å². The monoisotopic (exact) mass is 466 g/mol. The van der Waals surface area contributed by atoms with E-state index in [1.54, 1.807) is 7.11 Å². The fourth-order valence-electron chi connectivity index (χ4n) is 4.20. The van der Waals surface area contributed by atoms with Gasteiger partial charge in [-0.2, -0.15) is 4.98 Å². The van der Waals surface area contributed by atoms with Crippen molar-refractivity contribution in [3.8, 4) is 5.75 Å². The molecule has 8 nitrogen and oxygen atoms in total. The molecule has 1 aromatic heterocycles. The lowest BCUT2D eigenvalue weighted by molar-refractivity contribution is 0.216. The van der Waals surface area contributed by atoms with Crippen molar-refractivity contribution in [2.24, 2.45) is 0 Å². The molecule has 0 unspecified atom stereocenters. The van der Waals surface area contributed by atoms with Gasteiger partial charge in [-0.05, 0) is 49.9 Å². The molecule has 2 amide bonds. The first-order chi connectivity index (χ1) is 16.0. The Morgan fingerprint density at radius 3 is 2.45 bits per heavy atom. The topological polar surface area (TPSA) is 82.6 Å². The van der Waals surface area contributed by atoms with Gasteiger partial charge >= 0.3 is 6.03 Å². The highest BCUT2D eigenvalue weighted by Gasteiger charge is 2.28. The number of urea groups is 1. The van der Waals surface area contributed by atoms with Gasteiger partial charge in [0.15, 0.2) is 0 Å². The number of anilines is 3. The fraction of sp³-hybridized carbons (Fsp3) is 0.375. The van der Waals surface area contributed by atoms with Crippen molar-refractivity contribution in [1.29, 1.82) is 0 Å². The maximum atomic E-state index is 12.7. The van der Waals surface area contributed by atoms with Crippen LogP contribution in [0.1, 0.15) is 25.7 Å². The highest BCUT2D eigenvalue weighted by molar-refractivity contribution is 7.78. The van der Waals surface area contributed by atoms with Crippen LogP contribution in [0.3, 0.4) is 0 Å². The Labute approximate surface area is 199 Å². The van der Waals surface area contributed by atoms with E-state index in [9.17, 15) is 4.79 Å². The summed E-state index contributed by atoms with van der Waals surface area (Å²) in [6, 6.07) is 15.4. The SMILES string of the molecule is COc1ccccc1NC(=O)N(S)C1CCC(Nc2nc(N(C)C)c3ccccc3n2)CC1. The Morgan fingerprint density at radius 2 is 1.73 bits per heavy atom. The summed E-state index contributed by atoms with van der Waals surface area (Å²) >= 11 is 4.50. The first-order valence-electron chi connectivity index (χ1n) is 11.1. The van der Waals surface area contributed by atoms with Crippen LogP contribution in [0.15, 0.2) is 48.5 Å². The zero-order valence-electron chi connectivity index (χ0n) is 19.2. The zero-order chi connectivity index (χ0) is 23.4. The number of benzene rings is 2. The van der Waals surface area contributed by atoms with E-state index in [1.807, 2.05) is 67.5 Å². The van der Waals surface area contributed by atoms with Crippen molar-refractivity contribution < 1.29 is 9.53 Å². The molecule has 3 aromatic rings. The lowest BCUT2D eigenvalue weighted by atomic mass is 9.91. The summed E-state index contributed by atoms with van der Waals surface area (Å²) in [5, 5.41) is 7.42. The molecule has 4 rings (SSSR count). The molecule has 1 aliphatic carbocycles. The molecule has 1 saturated carbocycles. The third kappa shape index (κ3) is 5.24. The van der Waals surface area contributed by atoms with Crippen molar-refractivity contribution in [3.63, 3.8) is 0 Å². The van der Waals surface area contributed by atoms with Crippen LogP contribution in [0, 0.1) is 0 Å². The highest BCUT2D eigenvalue weighted by atomic mass is 32.1. The maximum Gasteiger partial charge on any atom is 0.332 e. The third-order valence-electron chi connectivity index (χ3n) is 5.94. The molecule has 2 aromatic carbocycles. The minimum absolute atomic E-state index is 0.0518. The van der Waals surface area contributed by atoms with Gasteiger partial charge in [-0.15, -0.1) is 0 Å². The standard InChI is InChI=1S/C24H30N6O2S/c1-29(2)22-18-8-4-5-9-19(18)26-23(28-22)25-16-12-14-17(15-13-16)30(33)24(31)27-20-10-6-7-11-21(20)32-3/h4-11,16-17,33H,12-15H2,1-3H3,(H,27,31)(H,25,26,28). The molecule has 174 valence electrons. The van der Waals surface area contributed by atoms with Crippen molar-refractivity contribution in [1.82, 2.24) is 14.3 Å². The normalized spacial score (nSPS) is 17.9. The molecule has 1 fully saturated rings. The van der Waals surface area contributed by atoms with E-state index in [4.69, 9.17) is 14.7 Å². The first-order valence-corrected chi connectivity index (χ1v) is 11.5. The maximum absolute atomic E-state index is 12.7. The number of carbonyl (C=O) groups excluding carboxylic acids is 1. The molecule has 0 bridgehead atoms. The largest absolute Gasteiger partial charge is 0.495 e. The summed E-state index contributed by atoms with van der Waals surface area (Å²) in [5.41, 5.74) is 1.55. The molecule has 0 saturated heterocycles. The van der Waals surface area contributed by atoms with Gasteiger partial charge in [0.1, 0.15) is 11.6 Å². The van der Waals surface area contributed by atoms with Crippen molar-refractivity contribution >= 4 is 47.2 Å². The number of aromatic nitrogens is 2. The zero-order valence-corrected chi connectivity index (χ0v) is 20.0. The average Bonchev–Trinajstić information content (AvgIpc) is 2.83. The van der Waals surface area contributed by atoms with Gasteiger partial charge in [0.05, 0.1) is 18.3 Å². The van der Waals surface area contributed by atoms with Crippen LogP contribution in [0.4, 0.5) is 22.2 Å². The van der Waals surface area contributed by atoms with Gasteiger partial charge in [0, 0.05) is 31.6 Å². The minimum Gasteiger partial charge on any atom is -0.495 e. The second-order valence-corrected chi connectivity index (χ2v) is 8.84. The van der Waals surface area contributed by atoms with Gasteiger partial charge in [-0.1, -0.05) is 37.1 Å². The summed E-state index contributed by atoms with van der Waals surface area (Å²) in [6.45, 7) is 0. The number of methoxy groups -OCH3 is 1. The molecule has 9 heteroatoms. The third-order valence-corrected chi connectivity index (χ3v) is 6.45. The molecule has 0 spiro atoms. The van der Waals surface area contributed by atoms with E-state index in [1.165, 1.54) is 4.31 Å². The lowest BCUT2D eigenvalue weighted by Crippen LogP contribution is -2.40. The number of hydrogen-bond donors (Lipinski definition) is 3. The van der Waals surface area contributed by atoms with E-state index in [-0.39, 0.29) is 18.1 Å². The lowest BCUT2D eigenvalue weighted by Gasteiger charge is -2.34. The number of hydrogen-bond acceptors (Lipinski definition) is 7. The second-order valence-electron chi connectivity index (χ2n) is 8.41. The quantitative estimate of drug-likeness (QED) is 0.453. The van der Waals surface area contributed by atoms with Crippen LogP contribution in [0.5, 0.6) is 5.75 Å². The summed E-state index contributed by atoms with van der Waals surface area (Å²) in [7, 11) is 5.56. The van der Waals surface area contributed by atoms with Crippen LogP contribution >= 0.6 is 12.8 Å². The summed E-state index contributed by atoms with van der Waals surface area (Å²) in [4.78, 5) is 24.2. The summed E-state index contributed by atoms with van der Waals surface area (Å²) < 4.78 is 6.81. The van der Waals surface area contributed by atoms with Gasteiger partial charge < -0.3 is 20.3 Å². The number of ether oxygens (including phenoxy) is 1. The van der Waals surface area contributed by atoms with Crippen LogP contribution < -0.4 is 20.3 Å². The number of thiol groups is 1. The molecule has 2 N–H and O–H groups in total. The van der Waals surface area contributed by atoms with E-state index >= 15 is 0 Å². The smallest absolute Gasteiger partial charge is 0.332 e. The van der Waals surface area contributed by atoms with Crippen LogP contribution in [-0.2, 0) is 0 Å². The Bertz CT molecular complexity index is 1120. The predicted octanol–water partition coefficient (Wildman–Crippen LogP) is 4.81. The second kappa shape index (κ2) is 10.2. The number of para-hydroxylation sites is 3. The van der Waals surface area contributed by atoms with Crippen molar-refractivity contribution in [2.75, 3.05) is 36.7 Å². The summed E-state index contributed by atoms with van der Waals surface area (Å²) in [6.07, 6.45) is 3.48. The molecular weight excluding hydrogens is 436 g/mol. The Morgan fingerprint density at radius 1 is 1.03 bits per heavy atom. The number of nitrogens with zero attached hydrogens (tertiary/aromatic N) is 4. The number of fused-ring (bicyclic) bond motifs is 1. The Hall–Kier alpha value is -3.20. The molecule has 0 atom stereocenters. The molecule has 0 aliphatic heterocycles. The predicted molar refractivity (Wildman–Crippen MR) is 136 cm³/mol. The Balaban J connectivity index is 1.36. The van der Waals surface area contributed by atoms with Gasteiger partial charge in [-0.25, -0.2) is 9.78 Å².